The van der Waals surface area contributed by atoms with E-state index in [1.807, 2.05) is 29.2 Å². The Labute approximate surface area is 141 Å². The van der Waals surface area contributed by atoms with Gasteiger partial charge in [-0.3, -0.25) is 9.59 Å². The number of nitrogens with zero attached hydrogens (tertiary/aromatic N) is 2. The number of fused-ring (bicyclic) bond motifs is 1. The van der Waals surface area contributed by atoms with Crippen molar-refractivity contribution in [1.82, 2.24) is 15.2 Å². The van der Waals surface area contributed by atoms with Gasteiger partial charge in [-0.1, -0.05) is 18.6 Å². The highest BCUT2D eigenvalue weighted by atomic mass is 16.3. The lowest BCUT2D eigenvalue weighted by Crippen LogP contribution is -2.35. The maximum atomic E-state index is 11.9. The van der Waals surface area contributed by atoms with Crippen LogP contribution in [-0.4, -0.2) is 41.3 Å². The Kier molecular flexibility index (Phi) is 5.46. The summed E-state index contributed by atoms with van der Waals surface area (Å²) in [4.78, 5) is 30.0. The second-order valence-corrected chi connectivity index (χ2v) is 6.12. The second-order valence-electron chi connectivity index (χ2n) is 6.12. The van der Waals surface area contributed by atoms with Crippen LogP contribution < -0.4 is 5.32 Å². The molecule has 1 fully saturated rings. The average Bonchev–Trinajstić information content (AvgIpc) is 2.88. The molecule has 2 amide bonds. The fourth-order valence-electron chi connectivity index (χ4n) is 2.94. The van der Waals surface area contributed by atoms with Gasteiger partial charge in [0.05, 0.1) is 0 Å². The summed E-state index contributed by atoms with van der Waals surface area (Å²) in [5, 5.41) is 2.87. The number of hydrogen-bond acceptors (Lipinski definition) is 4. The Bertz CT molecular complexity index is 677. The van der Waals surface area contributed by atoms with Crippen molar-refractivity contribution in [3.63, 3.8) is 0 Å². The summed E-state index contributed by atoms with van der Waals surface area (Å²) >= 11 is 0. The summed E-state index contributed by atoms with van der Waals surface area (Å²) < 4.78 is 5.62. The lowest BCUT2D eigenvalue weighted by molar-refractivity contribution is -0.131. The van der Waals surface area contributed by atoms with Crippen molar-refractivity contribution in [2.45, 2.75) is 38.5 Å². The number of hydrogen-bond donors (Lipinski definition) is 1. The Hall–Kier alpha value is -2.37. The number of carbonyl (C=O) groups is 2. The minimum absolute atomic E-state index is 0.0387. The Balaban J connectivity index is 1.40. The minimum atomic E-state index is -0.0387. The van der Waals surface area contributed by atoms with Gasteiger partial charge >= 0.3 is 0 Å². The van der Waals surface area contributed by atoms with Crippen molar-refractivity contribution in [3.8, 4) is 0 Å². The van der Waals surface area contributed by atoms with Crippen molar-refractivity contribution < 1.29 is 14.0 Å². The summed E-state index contributed by atoms with van der Waals surface area (Å²) in [6.07, 6.45) is 4.61. The highest BCUT2D eigenvalue weighted by Gasteiger charge is 2.17. The van der Waals surface area contributed by atoms with Crippen LogP contribution in [0.5, 0.6) is 0 Å². The number of nitrogens with one attached hydrogen (secondary N) is 1. The van der Waals surface area contributed by atoms with Crippen LogP contribution >= 0.6 is 0 Å². The van der Waals surface area contributed by atoms with Crippen molar-refractivity contribution in [2.75, 3.05) is 19.6 Å². The molecule has 0 bridgehead atoms. The molecule has 2 aromatic rings. The maximum Gasteiger partial charge on any atom is 0.222 e. The van der Waals surface area contributed by atoms with Gasteiger partial charge in [0.15, 0.2) is 11.5 Å². The van der Waals surface area contributed by atoms with Gasteiger partial charge in [0.25, 0.3) is 0 Å². The molecule has 1 aromatic carbocycles. The van der Waals surface area contributed by atoms with Gasteiger partial charge in [-0.15, -0.1) is 0 Å². The molecular formula is C18H23N3O3. The van der Waals surface area contributed by atoms with Crippen LogP contribution in [0.2, 0.25) is 0 Å². The molecule has 0 saturated carbocycles. The second kappa shape index (κ2) is 7.95. The third-order valence-electron chi connectivity index (χ3n) is 4.28. The molecule has 2 heterocycles. The van der Waals surface area contributed by atoms with E-state index in [1.54, 1.807) is 0 Å². The molecule has 1 aromatic heterocycles. The van der Waals surface area contributed by atoms with Crippen molar-refractivity contribution in [3.05, 3.63) is 30.2 Å². The summed E-state index contributed by atoms with van der Waals surface area (Å²) in [6, 6.07) is 7.60. The predicted octanol–water partition coefficient (Wildman–Crippen LogP) is 2.28. The van der Waals surface area contributed by atoms with Gasteiger partial charge in [-0.05, 0) is 25.0 Å². The maximum absolute atomic E-state index is 11.9. The first-order valence-corrected chi connectivity index (χ1v) is 8.61. The van der Waals surface area contributed by atoms with Crippen LogP contribution in [-0.2, 0) is 16.0 Å². The monoisotopic (exact) mass is 329 g/mol. The molecule has 3 rings (SSSR count). The molecule has 0 atom stereocenters. The van der Waals surface area contributed by atoms with Gasteiger partial charge in [-0.2, -0.15) is 0 Å². The van der Waals surface area contributed by atoms with Gasteiger partial charge < -0.3 is 14.6 Å². The molecule has 1 N–H and O–H groups in total. The van der Waals surface area contributed by atoms with Crippen LogP contribution in [0.1, 0.15) is 38.0 Å². The Morgan fingerprint density at radius 3 is 3.00 bits per heavy atom. The van der Waals surface area contributed by atoms with Gasteiger partial charge in [-0.25, -0.2) is 4.98 Å². The van der Waals surface area contributed by atoms with Gasteiger partial charge in [0, 0.05) is 38.9 Å². The zero-order valence-electron chi connectivity index (χ0n) is 13.8. The van der Waals surface area contributed by atoms with E-state index < -0.39 is 0 Å². The first-order chi connectivity index (χ1) is 11.7. The fourth-order valence-corrected chi connectivity index (χ4v) is 2.94. The molecule has 24 heavy (non-hydrogen) atoms. The molecule has 1 aliphatic rings. The number of para-hydroxylation sites is 2. The van der Waals surface area contributed by atoms with E-state index in [2.05, 4.69) is 10.3 Å². The molecule has 1 saturated heterocycles. The Morgan fingerprint density at radius 1 is 1.25 bits per heavy atom. The van der Waals surface area contributed by atoms with Crippen LogP contribution in [0.25, 0.3) is 11.1 Å². The molecule has 128 valence electrons. The van der Waals surface area contributed by atoms with E-state index in [9.17, 15) is 9.59 Å². The first-order valence-electron chi connectivity index (χ1n) is 8.61. The zero-order chi connectivity index (χ0) is 16.8. The highest BCUT2D eigenvalue weighted by Crippen LogP contribution is 2.14. The molecule has 6 heteroatoms. The minimum Gasteiger partial charge on any atom is -0.441 e. The predicted molar refractivity (Wildman–Crippen MR) is 90.4 cm³/mol. The van der Waals surface area contributed by atoms with Crippen molar-refractivity contribution in [1.29, 1.82) is 0 Å². The van der Waals surface area contributed by atoms with Crippen LogP contribution in [0.4, 0.5) is 0 Å². The topological polar surface area (TPSA) is 75.4 Å². The number of carbonyl (C=O) groups excluding carboxylic acids is 2. The lowest BCUT2D eigenvalue weighted by Gasteiger charge is -2.19. The van der Waals surface area contributed by atoms with E-state index in [4.69, 9.17) is 4.42 Å². The average molecular weight is 329 g/mol. The van der Waals surface area contributed by atoms with E-state index in [0.717, 1.165) is 36.9 Å². The third-order valence-corrected chi connectivity index (χ3v) is 4.28. The molecule has 0 unspecified atom stereocenters. The van der Waals surface area contributed by atoms with Crippen LogP contribution in [0, 0.1) is 0 Å². The normalized spacial score (nSPS) is 15.5. The summed E-state index contributed by atoms with van der Waals surface area (Å²) in [6.45, 7) is 1.77. The summed E-state index contributed by atoms with van der Waals surface area (Å²) in [5.74, 6) is 0.758. The summed E-state index contributed by atoms with van der Waals surface area (Å²) in [7, 11) is 0. The van der Waals surface area contributed by atoms with Crippen molar-refractivity contribution in [2.24, 2.45) is 0 Å². The van der Waals surface area contributed by atoms with Gasteiger partial charge in [0.1, 0.15) is 5.52 Å². The quantitative estimate of drug-likeness (QED) is 0.882. The first kappa shape index (κ1) is 16.5. The van der Waals surface area contributed by atoms with E-state index >= 15 is 0 Å². The molecule has 6 nitrogen and oxygen atoms in total. The zero-order valence-corrected chi connectivity index (χ0v) is 13.8. The third kappa shape index (κ3) is 4.34. The standard InChI is InChI=1S/C18H23N3O3/c22-16(10-13-21-12-5-1-2-8-18(21)23)19-11-9-17-20-14-6-3-4-7-15(14)24-17/h3-4,6-7H,1-2,5,8-13H2,(H,19,22). The van der Waals surface area contributed by atoms with Crippen molar-refractivity contribution >= 4 is 22.9 Å². The van der Waals surface area contributed by atoms with E-state index in [1.165, 1.54) is 0 Å². The van der Waals surface area contributed by atoms with E-state index in [0.29, 0.717) is 38.2 Å². The number of aromatic nitrogens is 1. The number of amides is 2. The fraction of sp³-hybridized carbons (Fsp3) is 0.500. The lowest BCUT2D eigenvalue weighted by atomic mass is 10.2. The smallest absolute Gasteiger partial charge is 0.222 e. The van der Waals surface area contributed by atoms with Gasteiger partial charge in [0.2, 0.25) is 11.8 Å². The molecule has 1 aliphatic heterocycles. The highest BCUT2D eigenvalue weighted by molar-refractivity contribution is 5.79. The summed E-state index contributed by atoms with van der Waals surface area (Å²) in [5.41, 5.74) is 1.59. The largest absolute Gasteiger partial charge is 0.441 e. The molecule has 0 spiro atoms. The van der Waals surface area contributed by atoms with E-state index in [-0.39, 0.29) is 11.8 Å². The number of likely N-dealkylation sites (tertiary alicyclic amines) is 1. The van der Waals surface area contributed by atoms with Crippen LogP contribution in [0.15, 0.2) is 28.7 Å². The van der Waals surface area contributed by atoms with Crippen LogP contribution in [0.3, 0.4) is 0 Å². The molecular weight excluding hydrogens is 306 g/mol. The SMILES string of the molecule is O=C(CCN1CCCCCC1=O)NCCc1nc2ccccc2o1. The number of rotatable bonds is 6. The molecule has 0 radical (unpaired) electrons. The number of benzene rings is 1. The Morgan fingerprint density at radius 2 is 2.12 bits per heavy atom. The number of oxazole rings is 1. The molecule has 0 aliphatic carbocycles.